The summed E-state index contributed by atoms with van der Waals surface area (Å²) in [5.74, 6) is 0.394. The van der Waals surface area contributed by atoms with Gasteiger partial charge < -0.3 is 22.1 Å². The van der Waals surface area contributed by atoms with Crippen LogP contribution in [0.4, 0.5) is 0 Å². The maximum Gasteiger partial charge on any atom is 0.219 e. The van der Waals surface area contributed by atoms with E-state index in [1.54, 1.807) is 0 Å². The van der Waals surface area contributed by atoms with Gasteiger partial charge in [0.05, 0.1) is 0 Å². The van der Waals surface area contributed by atoms with Crippen molar-refractivity contribution in [1.82, 2.24) is 10.6 Å². The number of hydrogen-bond acceptors (Lipinski definition) is 4. The first-order chi connectivity index (χ1) is 14.7. The summed E-state index contributed by atoms with van der Waals surface area (Å²) in [7, 11) is 0. The molecule has 6 N–H and O–H groups in total. The monoisotopic (exact) mass is 426 g/mol. The summed E-state index contributed by atoms with van der Waals surface area (Å²) in [6.07, 6.45) is 19.4. The Bertz CT molecular complexity index is 355. The molecule has 0 unspecified atom stereocenters. The molecule has 0 saturated heterocycles. The quantitative estimate of drug-likeness (QED) is 0.184. The van der Waals surface area contributed by atoms with Crippen LogP contribution in [0.15, 0.2) is 0 Å². The zero-order valence-corrected chi connectivity index (χ0v) is 19.5. The first-order valence-electron chi connectivity index (χ1n) is 12.6. The number of nitrogens with one attached hydrogen (secondary N) is 2. The summed E-state index contributed by atoms with van der Waals surface area (Å²) in [6.45, 7) is 3.13. The standard InChI is InChI=1S/C24H50N4O2/c25-19-13-7-9-15-21-27-23(29)17-11-5-3-1-2-4-6-12-18-24(30)28-22-16-10-8-14-20-26/h1-22,25-26H2,(H,27,29)(H,28,30). The molecule has 6 nitrogen and oxygen atoms in total. The maximum absolute atomic E-state index is 11.8. The fourth-order valence-electron chi connectivity index (χ4n) is 3.51. The molecule has 0 bridgehead atoms. The van der Waals surface area contributed by atoms with Crippen molar-refractivity contribution in [3.8, 4) is 0 Å². The van der Waals surface area contributed by atoms with E-state index in [2.05, 4.69) is 10.6 Å². The fourth-order valence-corrected chi connectivity index (χ4v) is 3.51. The van der Waals surface area contributed by atoms with Crippen LogP contribution in [0.5, 0.6) is 0 Å². The summed E-state index contributed by atoms with van der Waals surface area (Å²) >= 11 is 0. The third-order valence-corrected chi connectivity index (χ3v) is 5.46. The normalized spacial score (nSPS) is 10.9. The van der Waals surface area contributed by atoms with E-state index in [9.17, 15) is 9.59 Å². The highest BCUT2D eigenvalue weighted by Gasteiger charge is 2.02. The van der Waals surface area contributed by atoms with Gasteiger partial charge in [-0.25, -0.2) is 0 Å². The third-order valence-electron chi connectivity index (χ3n) is 5.46. The lowest BCUT2D eigenvalue weighted by Gasteiger charge is -2.06. The van der Waals surface area contributed by atoms with Gasteiger partial charge in [0, 0.05) is 25.9 Å². The van der Waals surface area contributed by atoms with Crippen LogP contribution in [0, 0.1) is 0 Å². The summed E-state index contributed by atoms with van der Waals surface area (Å²) < 4.78 is 0. The van der Waals surface area contributed by atoms with Crippen molar-refractivity contribution in [3.05, 3.63) is 0 Å². The zero-order valence-electron chi connectivity index (χ0n) is 19.5. The average molecular weight is 427 g/mol. The van der Waals surface area contributed by atoms with Gasteiger partial charge in [0.1, 0.15) is 0 Å². The molecule has 0 aromatic carbocycles. The molecule has 0 aliphatic carbocycles. The molecule has 0 aliphatic heterocycles. The van der Waals surface area contributed by atoms with Gasteiger partial charge in [-0.3, -0.25) is 9.59 Å². The lowest BCUT2D eigenvalue weighted by atomic mass is 10.1. The molecule has 0 saturated carbocycles. The van der Waals surface area contributed by atoms with Crippen molar-refractivity contribution in [2.45, 2.75) is 116 Å². The maximum atomic E-state index is 11.8. The van der Waals surface area contributed by atoms with E-state index in [4.69, 9.17) is 11.5 Å². The Labute approximate surface area is 185 Å². The Kier molecular flexibility index (Phi) is 23.2. The van der Waals surface area contributed by atoms with Crippen LogP contribution in [-0.4, -0.2) is 38.0 Å². The number of nitrogens with two attached hydrogens (primary N) is 2. The van der Waals surface area contributed by atoms with Gasteiger partial charge in [-0.1, -0.05) is 64.2 Å². The van der Waals surface area contributed by atoms with Crippen LogP contribution in [0.3, 0.4) is 0 Å². The molecule has 0 atom stereocenters. The fraction of sp³-hybridized carbons (Fsp3) is 0.917. The lowest BCUT2D eigenvalue weighted by Crippen LogP contribution is -2.24. The molecule has 0 rings (SSSR count). The molecule has 178 valence electrons. The average Bonchev–Trinajstić information content (AvgIpc) is 2.74. The van der Waals surface area contributed by atoms with E-state index in [1.165, 1.54) is 25.7 Å². The predicted molar refractivity (Wildman–Crippen MR) is 127 cm³/mol. The van der Waals surface area contributed by atoms with Crippen LogP contribution < -0.4 is 22.1 Å². The zero-order chi connectivity index (χ0) is 22.1. The summed E-state index contributed by atoms with van der Waals surface area (Å²) in [5, 5.41) is 6.02. The molecule has 0 aromatic rings. The molecule has 0 fully saturated rings. The second kappa shape index (κ2) is 24.1. The molecule has 0 aromatic heterocycles. The Morgan fingerprint density at radius 2 is 0.733 bits per heavy atom. The van der Waals surface area contributed by atoms with Gasteiger partial charge in [-0.05, 0) is 51.6 Å². The number of unbranched alkanes of at least 4 members (excludes halogenated alkanes) is 13. The van der Waals surface area contributed by atoms with Crippen LogP contribution in [0.2, 0.25) is 0 Å². The van der Waals surface area contributed by atoms with E-state index in [-0.39, 0.29) is 11.8 Å². The van der Waals surface area contributed by atoms with Crippen LogP contribution >= 0.6 is 0 Å². The van der Waals surface area contributed by atoms with Crippen molar-refractivity contribution >= 4 is 11.8 Å². The molecule has 2 amide bonds. The molecule has 0 heterocycles. The van der Waals surface area contributed by atoms with Crippen molar-refractivity contribution < 1.29 is 9.59 Å². The van der Waals surface area contributed by atoms with Gasteiger partial charge in [0.2, 0.25) is 11.8 Å². The molecule has 0 spiro atoms. The second-order valence-electron chi connectivity index (χ2n) is 8.43. The topological polar surface area (TPSA) is 110 Å². The number of hydrogen-bond donors (Lipinski definition) is 4. The molecule has 0 aliphatic rings. The highest BCUT2D eigenvalue weighted by Crippen LogP contribution is 2.10. The van der Waals surface area contributed by atoms with Crippen molar-refractivity contribution in [2.24, 2.45) is 11.5 Å². The highest BCUT2D eigenvalue weighted by molar-refractivity contribution is 5.76. The minimum atomic E-state index is 0.197. The lowest BCUT2D eigenvalue weighted by molar-refractivity contribution is -0.122. The van der Waals surface area contributed by atoms with E-state index in [0.29, 0.717) is 12.8 Å². The van der Waals surface area contributed by atoms with E-state index >= 15 is 0 Å². The van der Waals surface area contributed by atoms with Crippen LogP contribution in [0.25, 0.3) is 0 Å². The Hall–Kier alpha value is -1.14. The van der Waals surface area contributed by atoms with E-state index < -0.39 is 0 Å². The van der Waals surface area contributed by atoms with E-state index in [0.717, 1.165) is 103 Å². The summed E-state index contributed by atoms with van der Waals surface area (Å²) in [6, 6.07) is 0. The van der Waals surface area contributed by atoms with Crippen molar-refractivity contribution in [1.29, 1.82) is 0 Å². The first-order valence-corrected chi connectivity index (χ1v) is 12.6. The minimum Gasteiger partial charge on any atom is -0.356 e. The third kappa shape index (κ3) is 23.1. The molecule has 0 radical (unpaired) electrons. The number of carbonyl (C=O) groups excluding carboxylic acids is 2. The molecule has 30 heavy (non-hydrogen) atoms. The summed E-state index contributed by atoms with van der Waals surface area (Å²) in [4.78, 5) is 23.5. The largest absolute Gasteiger partial charge is 0.356 e. The van der Waals surface area contributed by atoms with Crippen molar-refractivity contribution in [2.75, 3.05) is 26.2 Å². The number of carbonyl (C=O) groups is 2. The highest BCUT2D eigenvalue weighted by atomic mass is 16.2. The SMILES string of the molecule is NCCCCCCNC(=O)CCCCCCCCCCC(=O)NCCCCCCN. The van der Waals surface area contributed by atoms with Gasteiger partial charge in [0.15, 0.2) is 0 Å². The minimum absolute atomic E-state index is 0.197. The molecular formula is C24H50N4O2. The molecular weight excluding hydrogens is 376 g/mol. The van der Waals surface area contributed by atoms with Crippen LogP contribution in [0.1, 0.15) is 116 Å². The first kappa shape index (κ1) is 28.9. The Morgan fingerprint density at radius 1 is 0.433 bits per heavy atom. The summed E-state index contributed by atoms with van der Waals surface area (Å²) in [5.41, 5.74) is 10.9. The number of rotatable bonds is 23. The Balaban J connectivity index is 3.23. The van der Waals surface area contributed by atoms with E-state index in [1.807, 2.05) is 0 Å². The van der Waals surface area contributed by atoms with Gasteiger partial charge in [-0.2, -0.15) is 0 Å². The van der Waals surface area contributed by atoms with Gasteiger partial charge in [-0.15, -0.1) is 0 Å². The molecule has 6 heteroatoms. The Morgan fingerprint density at radius 3 is 1.10 bits per heavy atom. The van der Waals surface area contributed by atoms with Crippen molar-refractivity contribution in [3.63, 3.8) is 0 Å². The van der Waals surface area contributed by atoms with Gasteiger partial charge in [0.25, 0.3) is 0 Å². The predicted octanol–water partition coefficient (Wildman–Crippen LogP) is 4.16. The number of amides is 2. The second-order valence-corrected chi connectivity index (χ2v) is 8.43. The van der Waals surface area contributed by atoms with Gasteiger partial charge >= 0.3 is 0 Å². The smallest absolute Gasteiger partial charge is 0.219 e. The van der Waals surface area contributed by atoms with Crippen LogP contribution in [-0.2, 0) is 9.59 Å².